The maximum Gasteiger partial charge on any atom is 0.0827 e. The largest absolute Gasteiger partial charge is 0.386 e. The zero-order chi connectivity index (χ0) is 8.65. The second-order valence-corrected chi connectivity index (χ2v) is 4.18. The minimum atomic E-state index is -0.630. The van der Waals surface area contributed by atoms with Gasteiger partial charge in [-0.25, -0.2) is 0 Å². The van der Waals surface area contributed by atoms with Gasteiger partial charge in [0.2, 0.25) is 0 Å². The Morgan fingerprint density at radius 3 is 2.45 bits per heavy atom. The fourth-order valence-electron chi connectivity index (χ4n) is 1.77. The van der Waals surface area contributed by atoms with Gasteiger partial charge >= 0.3 is 0 Å². The van der Waals surface area contributed by atoms with E-state index >= 15 is 0 Å². The molecule has 1 aliphatic rings. The van der Waals surface area contributed by atoms with Crippen LogP contribution in [0.2, 0.25) is 0 Å². The first kappa shape index (κ1) is 8.79. The van der Waals surface area contributed by atoms with E-state index in [1.165, 1.54) is 0 Å². The van der Waals surface area contributed by atoms with E-state index in [9.17, 15) is 5.11 Å². The molecule has 0 radical (unpaired) electrons. The van der Waals surface area contributed by atoms with Crippen LogP contribution in [0.4, 0.5) is 0 Å². The molecule has 1 heteroatoms. The zero-order valence-corrected chi connectivity index (χ0v) is 7.67. The summed E-state index contributed by atoms with van der Waals surface area (Å²) in [7, 11) is 0. The Kier molecular flexibility index (Phi) is 2.10. The van der Waals surface area contributed by atoms with Crippen molar-refractivity contribution >= 4 is 0 Å². The minimum Gasteiger partial charge on any atom is -0.386 e. The van der Waals surface area contributed by atoms with Gasteiger partial charge in [0.15, 0.2) is 0 Å². The monoisotopic (exact) mass is 154 g/mol. The van der Waals surface area contributed by atoms with Gasteiger partial charge < -0.3 is 5.11 Å². The third-order valence-corrected chi connectivity index (χ3v) is 2.86. The van der Waals surface area contributed by atoms with Crippen molar-refractivity contribution in [3.05, 3.63) is 12.7 Å². The summed E-state index contributed by atoms with van der Waals surface area (Å²) in [6.07, 6.45) is 2.83. The van der Waals surface area contributed by atoms with Crippen LogP contribution in [-0.4, -0.2) is 10.7 Å². The highest BCUT2D eigenvalue weighted by atomic mass is 16.3. The molecule has 1 rings (SSSR count). The summed E-state index contributed by atoms with van der Waals surface area (Å²) in [5, 5.41) is 9.76. The smallest absolute Gasteiger partial charge is 0.0827 e. The molecule has 0 unspecified atom stereocenters. The van der Waals surface area contributed by atoms with Crippen molar-refractivity contribution in [3.8, 4) is 0 Å². The van der Waals surface area contributed by atoms with Gasteiger partial charge in [0, 0.05) is 0 Å². The van der Waals surface area contributed by atoms with Gasteiger partial charge in [0.1, 0.15) is 0 Å². The average Bonchev–Trinajstić information content (AvgIpc) is 2.65. The maximum absolute atomic E-state index is 9.76. The van der Waals surface area contributed by atoms with Crippen molar-refractivity contribution in [2.45, 2.75) is 32.8 Å². The highest BCUT2D eigenvalue weighted by Gasteiger charge is 2.48. The van der Waals surface area contributed by atoms with E-state index in [1.54, 1.807) is 6.08 Å². The van der Waals surface area contributed by atoms with Gasteiger partial charge in [0.05, 0.1) is 5.60 Å². The van der Waals surface area contributed by atoms with Crippen molar-refractivity contribution in [1.82, 2.24) is 0 Å². The Bertz CT molecular complexity index is 158. The van der Waals surface area contributed by atoms with Gasteiger partial charge in [-0.15, -0.1) is 6.58 Å². The molecule has 1 N–H and O–H groups in total. The summed E-state index contributed by atoms with van der Waals surface area (Å²) in [5.41, 5.74) is -0.630. The van der Waals surface area contributed by atoms with Crippen molar-refractivity contribution in [1.29, 1.82) is 0 Å². The highest BCUT2D eigenvalue weighted by Crippen LogP contribution is 2.50. The molecule has 64 valence electrons. The predicted octanol–water partition coefficient (Wildman–Crippen LogP) is 2.22. The lowest BCUT2D eigenvalue weighted by Gasteiger charge is -2.19. The van der Waals surface area contributed by atoms with Crippen LogP contribution in [0.15, 0.2) is 12.7 Å². The van der Waals surface area contributed by atoms with Gasteiger partial charge in [-0.2, -0.15) is 0 Å². The highest BCUT2D eigenvalue weighted by molar-refractivity contribution is 5.07. The normalized spacial score (nSPS) is 35.0. The van der Waals surface area contributed by atoms with Crippen LogP contribution >= 0.6 is 0 Å². The number of hydrogen-bond acceptors (Lipinski definition) is 1. The van der Waals surface area contributed by atoms with E-state index in [0.29, 0.717) is 17.8 Å². The molecule has 0 aliphatic heterocycles. The maximum atomic E-state index is 9.76. The van der Waals surface area contributed by atoms with E-state index < -0.39 is 5.60 Å². The molecule has 0 spiro atoms. The molecular weight excluding hydrogens is 136 g/mol. The lowest BCUT2D eigenvalue weighted by atomic mass is 9.95. The second kappa shape index (κ2) is 2.63. The average molecular weight is 154 g/mol. The Morgan fingerprint density at radius 2 is 2.18 bits per heavy atom. The van der Waals surface area contributed by atoms with Crippen molar-refractivity contribution < 1.29 is 5.11 Å². The summed E-state index contributed by atoms with van der Waals surface area (Å²) in [4.78, 5) is 0. The Hall–Kier alpha value is -0.300. The molecule has 11 heavy (non-hydrogen) atoms. The van der Waals surface area contributed by atoms with Crippen LogP contribution in [-0.2, 0) is 0 Å². The van der Waals surface area contributed by atoms with Crippen molar-refractivity contribution in [2.75, 3.05) is 0 Å². The molecule has 1 nitrogen and oxygen atoms in total. The topological polar surface area (TPSA) is 20.2 Å². The molecule has 0 aromatic rings. The summed E-state index contributed by atoms with van der Waals surface area (Å²) < 4.78 is 0. The van der Waals surface area contributed by atoms with E-state index in [0.717, 1.165) is 6.42 Å². The van der Waals surface area contributed by atoms with Crippen LogP contribution in [0.5, 0.6) is 0 Å². The fraction of sp³-hybridized carbons (Fsp3) is 0.800. The lowest BCUT2D eigenvalue weighted by molar-refractivity contribution is 0.0787. The van der Waals surface area contributed by atoms with Crippen molar-refractivity contribution in [3.63, 3.8) is 0 Å². The second-order valence-electron chi connectivity index (χ2n) is 4.18. The van der Waals surface area contributed by atoms with Gasteiger partial charge in [-0.1, -0.05) is 19.9 Å². The summed E-state index contributed by atoms with van der Waals surface area (Å²) in [6, 6.07) is 0. The van der Waals surface area contributed by atoms with Gasteiger partial charge in [-0.3, -0.25) is 0 Å². The molecule has 0 saturated heterocycles. The van der Waals surface area contributed by atoms with Crippen molar-refractivity contribution in [2.24, 2.45) is 17.8 Å². The molecule has 1 saturated carbocycles. The first-order chi connectivity index (χ1) is 4.99. The van der Waals surface area contributed by atoms with Gasteiger partial charge in [0.25, 0.3) is 0 Å². The Labute approximate surface area is 69.1 Å². The van der Waals surface area contributed by atoms with E-state index in [1.807, 2.05) is 6.92 Å². The third kappa shape index (κ3) is 1.64. The molecule has 0 bridgehead atoms. The third-order valence-electron chi connectivity index (χ3n) is 2.86. The molecule has 3 atom stereocenters. The Balaban J connectivity index is 2.49. The number of hydrogen-bond donors (Lipinski definition) is 1. The molecule has 1 fully saturated rings. The van der Waals surface area contributed by atoms with Crippen LogP contribution in [0.3, 0.4) is 0 Å². The van der Waals surface area contributed by atoms with Crippen LogP contribution in [0.1, 0.15) is 27.2 Å². The molecule has 0 amide bonds. The number of aliphatic hydroxyl groups is 1. The molecule has 0 aromatic heterocycles. The first-order valence-electron chi connectivity index (χ1n) is 4.35. The van der Waals surface area contributed by atoms with E-state index in [2.05, 4.69) is 20.4 Å². The quantitative estimate of drug-likeness (QED) is 0.618. The molecule has 1 aliphatic carbocycles. The molecule has 0 heterocycles. The van der Waals surface area contributed by atoms with Crippen LogP contribution in [0, 0.1) is 17.8 Å². The minimum absolute atomic E-state index is 0.458. The van der Waals surface area contributed by atoms with Crippen LogP contribution < -0.4 is 0 Å². The van der Waals surface area contributed by atoms with E-state index in [-0.39, 0.29) is 0 Å². The first-order valence-corrected chi connectivity index (χ1v) is 4.35. The lowest BCUT2D eigenvalue weighted by Crippen LogP contribution is -2.24. The SMILES string of the molecule is C=C[C@@](C)(O)[C@H]1C[C@@H]1C(C)C. The molecule has 0 aromatic carbocycles. The zero-order valence-electron chi connectivity index (χ0n) is 7.67. The number of rotatable bonds is 3. The van der Waals surface area contributed by atoms with Crippen LogP contribution in [0.25, 0.3) is 0 Å². The Morgan fingerprint density at radius 1 is 1.64 bits per heavy atom. The molecular formula is C10H18O. The standard InChI is InChI=1S/C10H18O/c1-5-10(4,11)9-6-8(9)7(2)3/h5,7-9,11H,1,6H2,2-4H3/t8-,9+,10-/m1/s1. The fourth-order valence-corrected chi connectivity index (χ4v) is 1.77. The van der Waals surface area contributed by atoms with E-state index in [4.69, 9.17) is 0 Å². The van der Waals surface area contributed by atoms with Gasteiger partial charge in [-0.05, 0) is 31.1 Å². The summed E-state index contributed by atoms with van der Waals surface area (Å²) in [6.45, 7) is 9.92. The summed E-state index contributed by atoms with van der Waals surface area (Å²) in [5.74, 6) is 1.87. The predicted molar refractivity (Wildman–Crippen MR) is 47.3 cm³/mol. The summed E-state index contributed by atoms with van der Waals surface area (Å²) >= 11 is 0.